The second-order valence-electron chi connectivity index (χ2n) is 6.47. The summed E-state index contributed by atoms with van der Waals surface area (Å²) in [6.45, 7) is 7.85. The molecule has 128 valence electrons. The molecule has 3 rings (SSSR count). The normalized spacial score (nSPS) is 15.7. The first kappa shape index (κ1) is 16.7. The lowest BCUT2D eigenvalue weighted by Crippen LogP contribution is -3.12. The Kier molecular flexibility index (Phi) is 5.00. The molecule has 0 spiro atoms. The lowest BCUT2D eigenvalue weighted by Gasteiger charge is -2.30. The van der Waals surface area contributed by atoms with E-state index < -0.39 is 0 Å². The van der Waals surface area contributed by atoms with Crippen LogP contribution < -0.4 is 4.90 Å². The topological polar surface area (TPSA) is 42.6 Å². The molecule has 0 radical (unpaired) electrons. The molecule has 1 aromatic heterocycles. The van der Waals surface area contributed by atoms with Gasteiger partial charge in [-0.2, -0.15) is 5.10 Å². The van der Waals surface area contributed by atoms with Crippen molar-refractivity contribution in [3.63, 3.8) is 0 Å². The maximum Gasteiger partial charge on any atom is 0.258 e. The van der Waals surface area contributed by atoms with Crippen LogP contribution in [0.15, 0.2) is 30.3 Å². The van der Waals surface area contributed by atoms with E-state index in [1.807, 2.05) is 39.9 Å². The first-order valence-corrected chi connectivity index (χ1v) is 8.92. The van der Waals surface area contributed by atoms with Gasteiger partial charge in [-0.25, -0.2) is 4.68 Å². The van der Waals surface area contributed by atoms with E-state index in [1.165, 1.54) is 4.90 Å². The van der Waals surface area contributed by atoms with Gasteiger partial charge in [0.1, 0.15) is 0 Å². The summed E-state index contributed by atoms with van der Waals surface area (Å²) in [7, 11) is 2.18. The zero-order valence-corrected chi connectivity index (χ0v) is 14.9. The quantitative estimate of drug-likeness (QED) is 0.909. The Bertz CT molecular complexity index is 700. The smallest absolute Gasteiger partial charge is 0.258 e. The minimum atomic E-state index is 0.151. The molecule has 0 unspecified atom stereocenters. The number of piperazine rings is 1. The molecule has 1 amide bonds. The van der Waals surface area contributed by atoms with E-state index in [2.05, 4.69) is 20.9 Å². The van der Waals surface area contributed by atoms with E-state index in [0.717, 1.165) is 61.7 Å². The van der Waals surface area contributed by atoms with Crippen LogP contribution in [0, 0.1) is 0 Å². The highest BCUT2D eigenvalue weighted by Crippen LogP contribution is 2.22. The van der Waals surface area contributed by atoms with E-state index in [4.69, 9.17) is 5.10 Å². The number of nitrogens with one attached hydrogen (secondary N) is 1. The number of carbonyl (C=O) groups is 1. The van der Waals surface area contributed by atoms with Crippen LogP contribution in [-0.4, -0.2) is 53.8 Å². The van der Waals surface area contributed by atoms with Crippen molar-refractivity contribution in [1.29, 1.82) is 0 Å². The van der Waals surface area contributed by atoms with Gasteiger partial charge in [0.25, 0.3) is 5.91 Å². The molecule has 2 heterocycles. The molecule has 5 nitrogen and oxygen atoms in total. The summed E-state index contributed by atoms with van der Waals surface area (Å²) >= 11 is 0. The van der Waals surface area contributed by atoms with Gasteiger partial charge in [0.2, 0.25) is 0 Å². The second kappa shape index (κ2) is 7.18. The van der Waals surface area contributed by atoms with Crippen LogP contribution in [0.25, 0.3) is 5.69 Å². The van der Waals surface area contributed by atoms with Gasteiger partial charge in [-0.05, 0) is 25.0 Å². The molecular weight excluding hydrogens is 300 g/mol. The van der Waals surface area contributed by atoms with Crippen molar-refractivity contribution >= 4 is 5.91 Å². The fourth-order valence-corrected chi connectivity index (χ4v) is 3.36. The molecule has 1 aliphatic heterocycles. The van der Waals surface area contributed by atoms with Gasteiger partial charge >= 0.3 is 0 Å². The van der Waals surface area contributed by atoms with Gasteiger partial charge in [-0.15, -0.1) is 0 Å². The molecule has 1 saturated heterocycles. The van der Waals surface area contributed by atoms with Crippen LogP contribution in [0.3, 0.4) is 0 Å². The Hall–Kier alpha value is -2.14. The number of rotatable bonds is 4. The van der Waals surface area contributed by atoms with Crippen LogP contribution in [0.1, 0.15) is 35.6 Å². The number of quaternary nitrogens is 1. The summed E-state index contributed by atoms with van der Waals surface area (Å²) < 4.78 is 1.95. The molecule has 1 aromatic carbocycles. The predicted molar refractivity (Wildman–Crippen MR) is 94.8 cm³/mol. The van der Waals surface area contributed by atoms with Gasteiger partial charge in [0.15, 0.2) is 0 Å². The number of carbonyl (C=O) groups excluding carboxylic acids is 1. The highest BCUT2D eigenvalue weighted by Gasteiger charge is 2.29. The Labute approximate surface area is 143 Å². The van der Waals surface area contributed by atoms with Gasteiger partial charge < -0.3 is 9.80 Å². The molecule has 2 aromatic rings. The number of hydrogen-bond donors (Lipinski definition) is 1. The van der Waals surface area contributed by atoms with Crippen molar-refractivity contribution in [3.05, 3.63) is 47.3 Å². The second-order valence-corrected chi connectivity index (χ2v) is 6.47. The van der Waals surface area contributed by atoms with Gasteiger partial charge in [-0.1, -0.05) is 32.0 Å². The maximum atomic E-state index is 13.2. The van der Waals surface area contributed by atoms with Crippen LogP contribution in [0.4, 0.5) is 0 Å². The third kappa shape index (κ3) is 3.08. The summed E-state index contributed by atoms with van der Waals surface area (Å²) in [4.78, 5) is 16.7. The number of likely N-dealkylation sites (N-methyl/N-ethyl adjacent to an activating group) is 1. The lowest BCUT2D eigenvalue weighted by molar-refractivity contribution is -0.883. The van der Waals surface area contributed by atoms with Crippen LogP contribution in [0.2, 0.25) is 0 Å². The van der Waals surface area contributed by atoms with Crippen molar-refractivity contribution in [3.8, 4) is 5.69 Å². The highest BCUT2D eigenvalue weighted by molar-refractivity contribution is 5.96. The number of aryl methyl sites for hydroxylation is 1. The van der Waals surface area contributed by atoms with E-state index >= 15 is 0 Å². The monoisotopic (exact) mass is 327 g/mol. The summed E-state index contributed by atoms with van der Waals surface area (Å²) in [6.07, 6.45) is 1.56. The zero-order valence-electron chi connectivity index (χ0n) is 14.9. The summed E-state index contributed by atoms with van der Waals surface area (Å²) in [6, 6.07) is 10.1. The molecule has 0 saturated carbocycles. The van der Waals surface area contributed by atoms with Crippen molar-refractivity contribution in [2.45, 2.75) is 26.7 Å². The number of amides is 1. The summed E-state index contributed by atoms with van der Waals surface area (Å²) in [5.74, 6) is 0.151. The first-order chi connectivity index (χ1) is 11.7. The van der Waals surface area contributed by atoms with Crippen LogP contribution >= 0.6 is 0 Å². The average Bonchev–Trinajstić information content (AvgIpc) is 3.01. The fraction of sp³-hybridized carbons (Fsp3) is 0.474. The molecule has 1 fully saturated rings. The lowest BCUT2D eigenvalue weighted by atomic mass is 10.1. The molecular formula is C19H27N4O+. The molecule has 24 heavy (non-hydrogen) atoms. The Morgan fingerprint density at radius 1 is 1.12 bits per heavy atom. The molecule has 1 aliphatic rings. The highest BCUT2D eigenvalue weighted by atomic mass is 16.2. The molecule has 1 N–H and O–H groups in total. The number of hydrogen-bond acceptors (Lipinski definition) is 2. The van der Waals surface area contributed by atoms with Crippen LogP contribution in [0.5, 0.6) is 0 Å². The fourth-order valence-electron chi connectivity index (χ4n) is 3.36. The van der Waals surface area contributed by atoms with Gasteiger partial charge in [-0.3, -0.25) is 4.79 Å². The third-order valence-electron chi connectivity index (χ3n) is 4.84. The maximum absolute atomic E-state index is 13.2. The first-order valence-electron chi connectivity index (χ1n) is 8.92. The Morgan fingerprint density at radius 2 is 1.79 bits per heavy atom. The number of para-hydroxylation sites is 1. The van der Waals surface area contributed by atoms with Crippen LogP contribution in [-0.2, 0) is 12.8 Å². The minimum absolute atomic E-state index is 0.151. The Morgan fingerprint density at radius 3 is 2.38 bits per heavy atom. The largest absolute Gasteiger partial charge is 0.334 e. The summed E-state index contributed by atoms with van der Waals surface area (Å²) in [5, 5.41) is 4.76. The predicted octanol–water partition coefficient (Wildman–Crippen LogP) is 0.968. The standard InChI is InChI=1S/C19H26N4O/c1-4-16-18(19(24)22-13-11-21(3)12-14-22)17(5-2)23(20-16)15-9-7-6-8-10-15/h6-10H,4-5,11-14H2,1-3H3/p+1. The van der Waals surface area contributed by atoms with E-state index in [-0.39, 0.29) is 5.91 Å². The number of nitrogens with zero attached hydrogens (tertiary/aromatic N) is 3. The molecule has 5 heteroatoms. The van der Waals surface area contributed by atoms with Gasteiger partial charge in [0.05, 0.1) is 55.9 Å². The molecule has 0 aliphatic carbocycles. The van der Waals surface area contributed by atoms with Gasteiger partial charge in [0, 0.05) is 0 Å². The SMILES string of the molecule is CCc1nn(-c2ccccc2)c(CC)c1C(=O)N1CC[NH+](C)CC1. The van der Waals surface area contributed by atoms with E-state index in [9.17, 15) is 4.79 Å². The van der Waals surface area contributed by atoms with Crippen molar-refractivity contribution in [2.24, 2.45) is 0 Å². The minimum Gasteiger partial charge on any atom is -0.334 e. The number of aromatic nitrogens is 2. The van der Waals surface area contributed by atoms with E-state index in [1.54, 1.807) is 0 Å². The molecule has 0 atom stereocenters. The van der Waals surface area contributed by atoms with Crippen molar-refractivity contribution < 1.29 is 9.69 Å². The van der Waals surface area contributed by atoms with E-state index in [0.29, 0.717) is 0 Å². The third-order valence-corrected chi connectivity index (χ3v) is 4.84. The number of benzene rings is 1. The molecule has 0 bridgehead atoms. The summed E-state index contributed by atoms with van der Waals surface area (Å²) in [5.41, 5.74) is 3.77. The zero-order chi connectivity index (χ0) is 17.1. The Balaban J connectivity index is 2.00. The van der Waals surface area contributed by atoms with Crippen molar-refractivity contribution in [2.75, 3.05) is 33.2 Å². The van der Waals surface area contributed by atoms with Crippen molar-refractivity contribution in [1.82, 2.24) is 14.7 Å². The average molecular weight is 327 g/mol.